The lowest BCUT2D eigenvalue weighted by molar-refractivity contribution is -0.132. The number of thiazole rings is 1. The Hall–Kier alpha value is -0.360. The van der Waals surface area contributed by atoms with Crippen molar-refractivity contribution in [1.29, 1.82) is 0 Å². The Morgan fingerprint density at radius 3 is 2.74 bits per heavy atom. The van der Waals surface area contributed by atoms with Crippen LogP contribution in [0.15, 0.2) is 5.38 Å². The molecular formula is C16H29Cl2N3OS. The number of likely N-dealkylation sites (tertiary alicyclic amines) is 1. The SMILES string of the molecule is Cc1csc(C2CCCN(C(=O)CCCCCCN)C2)n1.Cl.Cl. The molecule has 0 radical (unpaired) electrons. The highest BCUT2D eigenvalue weighted by atomic mass is 35.5. The average molecular weight is 382 g/mol. The molecule has 4 nitrogen and oxygen atoms in total. The van der Waals surface area contributed by atoms with Crippen LogP contribution in [0.1, 0.15) is 61.6 Å². The molecule has 134 valence electrons. The highest BCUT2D eigenvalue weighted by molar-refractivity contribution is 7.09. The van der Waals surface area contributed by atoms with E-state index in [1.54, 1.807) is 11.3 Å². The van der Waals surface area contributed by atoms with E-state index in [0.717, 1.165) is 63.9 Å². The van der Waals surface area contributed by atoms with Crippen LogP contribution in [0.4, 0.5) is 0 Å². The smallest absolute Gasteiger partial charge is 0.222 e. The lowest BCUT2D eigenvalue weighted by Gasteiger charge is -2.32. The molecule has 1 saturated heterocycles. The zero-order chi connectivity index (χ0) is 15.1. The number of aryl methyl sites for hydroxylation is 1. The maximum absolute atomic E-state index is 12.3. The molecule has 0 spiro atoms. The van der Waals surface area contributed by atoms with Gasteiger partial charge in [-0.05, 0) is 39.2 Å². The molecule has 7 heteroatoms. The highest BCUT2D eigenvalue weighted by Crippen LogP contribution is 2.29. The number of piperidine rings is 1. The first-order valence-corrected chi connectivity index (χ1v) is 8.98. The minimum absolute atomic E-state index is 0. The monoisotopic (exact) mass is 381 g/mol. The van der Waals surface area contributed by atoms with Crippen LogP contribution >= 0.6 is 36.2 Å². The zero-order valence-electron chi connectivity index (χ0n) is 13.8. The van der Waals surface area contributed by atoms with Gasteiger partial charge in [0.15, 0.2) is 0 Å². The number of unbranched alkanes of at least 4 members (excludes halogenated alkanes) is 3. The summed E-state index contributed by atoms with van der Waals surface area (Å²) in [4.78, 5) is 18.9. The van der Waals surface area contributed by atoms with E-state index in [0.29, 0.717) is 18.2 Å². The summed E-state index contributed by atoms with van der Waals surface area (Å²) in [5, 5.41) is 3.31. The summed E-state index contributed by atoms with van der Waals surface area (Å²) in [6.07, 6.45) is 7.28. The van der Waals surface area contributed by atoms with Crippen molar-refractivity contribution >= 4 is 42.1 Å². The number of nitrogens with two attached hydrogens (primary N) is 1. The summed E-state index contributed by atoms with van der Waals surface area (Å²) in [7, 11) is 0. The van der Waals surface area contributed by atoms with E-state index in [9.17, 15) is 4.79 Å². The molecule has 1 fully saturated rings. The zero-order valence-corrected chi connectivity index (χ0v) is 16.3. The van der Waals surface area contributed by atoms with Crippen molar-refractivity contribution in [2.75, 3.05) is 19.6 Å². The third-order valence-corrected chi connectivity index (χ3v) is 5.23. The topological polar surface area (TPSA) is 59.2 Å². The van der Waals surface area contributed by atoms with Gasteiger partial charge in [-0.25, -0.2) is 4.98 Å². The molecule has 2 rings (SSSR count). The largest absolute Gasteiger partial charge is 0.342 e. The Kier molecular flexibility index (Phi) is 11.9. The quantitative estimate of drug-likeness (QED) is 0.728. The first-order chi connectivity index (χ1) is 10.2. The molecule has 2 heterocycles. The average Bonchev–Trinajstić information content (AvgIpc) is 2.93. The van der Waals surface area contributed by atoms with Gasteiger partial charge in [0, 0.05) is 36.5 Å². The normalized spacial score (nSPS) is 17.3. The molecule has 1 unspecified atom stereocenters. The van der Waals surface area contributed by atoms with E-state index in [-0.39, 0.29) is 24.8 Å². The van der Waals surface area contributed by atoms with Gasteiger partial charge in [0.2, 0.25) is 5.91 Å². The van der Waals surface area contributed by atoms with Crippen LogP contribution in [-0.2, 0) is 4.79 Å². The summed E-state index contributed by atoms with van der Waals surface area (Å²) >= 11 is 1.74. The molecule has 1 aliphatic rings. The van der Waals surface area contributed by atoms with Crippen molar-refractivity contribution in [1.82, 2.24) is 9.88 Å². The molecule has 0 saturated carbocycles. The summed E-state index contributed by atoms with van der Waals surface area (Å²) in [5.74, 6) is 0.763. The molecule has 0 bridgehead atoms. The number of rotatable bonds is 7. The van der Waals surface area contributed by atoms with Crippen molar-refractivity contribution in [3.63, 3.8) is 0 Å². The van der Waals surface area contributed by atoms with Gasteiger partial charge in [0.05, 0.1) is 5.01 Å². The van der Waals surface area contributed by atoms with Crippen LogP contribution in [-0.4, -0.2) is 35.4 Å². The van der Waals surface area contributed by atoms with E-state index in [4.69, 9.17) is 5.73 Å². The number of carbonyl (C=O) groups excluding carboxylic acids is 1. The van der Waals surface area contributed by atoms with E-state index < -0.39 is 0 Å². The van der Waals surface area contributed by atoms with Gasteiger partial charge in [0.1, 0.15) is 0 Å². The molecule has 1 aromatic heterocycles. The first-order valence-electron chi connectivity index (χ1n) is 8.10. The summed E-state index contributed by atoms with van der Waals surface area (Å²) in [6.45, 7) is 4.57. The Bertz CT molecular complexity index is 456. The number of hydrogen-bond donors (Lipinski definition) is 1. The van der Waals surface area contributed by atoms with E-state index in [2.05, 4.69) is 10.4 Å². The fourth-order valence-electron chi connectivity index (χ4n) is 2.90. The highest BCUT2D eigenvalue weighted by Gasteiger charge is 2.26. The van der Waals surface area contributed by atoms with Gasteiger partial charge in [-0.1, -0.05) is 12.8 Å². The van der Waals surface area contributed by atoms with Gasteiger partial charge < -0.3 is 10.6 Å². The fraction of sp³-hybridized carbons (Fsp3) is 0.750. The Labute approximate surface area is 156 Å². The van der Waals surface area contributed by atoms with Crippen LogP contribution in [0.25, 0.3) is 0 Å². The van der Waals surface area contributed by atoms with E-state index in [1.807, 2.05) is 11.8 Å². The third kappa shape index (κ3) is 7.38. The number of halogens is 2. The summed E-state index contributed by atoms with van der Waals surface area (Å²) in [5.41, 5.74) is 6.58. The van der Waals surface area contributed by atoms with Crippen molar-refractivity contribution in [3.8, 4) is 0 Å². The van der Waals surface area contributed by atoms with Gasteiger partial charge in [-0.15, -0.1) is 36.2 Å². The second-order valence-electron chi connectivity index (χ2n) is 5.96. The van der Waals surface area contributed by atoms with Crippen molar-refractivity contribution < 1.29 is 4.79 Å². The lowest BCUT2D eigenvalue weighted by Crippen LogP contribution is -2.39. The fourth-order valence-corrected chi connectivity index (χ4v) is 3.82. The van der Waals surface area contributed by atoms with Crippen molar-refractivity contribution in [2.45, 2.75) is 57.8 Å². The molecule has 1 atom stereocenters. The van der Waals surface area contributed by atoms with Gasteiger partial charge >= 0.3 is 0 Å². The number of hydrogen-bond acceptors (Lipinski definition) is 4. The third-order valence-electron chi connectivity index (χ3n) is 4.10. The van der Waals surface area contributed by atoms with Gasteiger partial charge in [-0.2, -0.15) is 0 Å². The number of aromatic nitrogens is 1. The summed E-state index contributed by atoms with van der Waals surface area (Å²) < 4.78 is 0. The molecular weight excluding hydrogens is 353 g/mol. The Morgan fingerprint density at radius 2 is 2.09 bits per heavy atom. The van der Waals surface area contributed by atoms with E-state index in [1.165, 1.54) is 5.01 Å². The van der Waals surface area contributed by atoms with Crippen LogP contribution in [0, 0.1) is 6.92 Å². The second-order valence-corrected chi connectivity index (χ2v) is 6.85. The summed E-state index contributed by atoms with van der Waals surface area (Å²) in [6, 6.07) is 0. The molecule has 1 amide bonds. The maximum atomic E-state index is 12.3. The molecule has 1 aromatic rings. The van der Waals surface area contributed by atoms with Gasteiger partial charge in [-0.3, -0.25) is 4.79 Å². The predicted molar refractivity (Wildman–Crippen MR) is 102 cm³/mol. The van der Waals surface area contributed by atoms with Crippen LogP contribution < -0.4 is 5.73 Å². The van der Waals surface area contributed by atoms with Gasteiger partial charge in [0.25, 0.3) is 0 Å². The number of carbonyl (C=O) groups is 1. The van der Waals surface area contributed by atoms with Crippen molar-refractivity contribution in [3.05, 3.63) is 16.1 Å². The van der Waals surface area contributed by atoms with Crippen LogP contribution in [0.3, 0.4) is 0 Å². The standard InChI is InChI=1S/C16H27N3OS.2ClH/c1-13-12-21-16(18-13)14-7-6-10-19(11-14)15(20)8-4-2-3-5-9-17;;/h12,14H,2-11,17H2,1H3;2*1H. The first kappa shape index (κ1) is 22.6. The molecule has 0 aliphatic carbocycles. The maximum Gasteiger partial charge on any atom is 0.222 e. The Balaban J connectivity index is 0.00000242. The van der Waals surface area contributed by atoms with E-state index >= 15 is 0 Å². The second kappa shape index (κ2) is 12.1. The lowest BCUT2D eigenvalue weighted by atomic mass is 9.98. The number of nitrogens with zero attached hydrogens (tertiary/aromatic N) is 2. The van der Waals surface area contributed by atoms with Crippen molar-refractivity contribution in [2.24, 2.45) is 5.73 Å². The molecule has 0 aromatic carbocycles. The number of amides is 1. The minimum atomic E-state index is 0. The Morgan fingerprint density at radius 1 is 1.35 bits per heavy atom. The van der Waals surface area contributed by atoms with Crippen LogP contribution in [0.5, 0.6) is 0 Å². The predicted octanol–water partition coefficient (Wildman–Crippen LogP) is 3.91. The molecule has 23 heavy (non-hydrogen) atoms. The van der Waals surface area contributed by atoms with Crippen LogP contribution in [0.2, 0.25) is 0 Å². The minimum Gasteiger partial charge on any atom is -0.342 e. The molecule has 2 N–H and O–H groups in total. The molecule has 1 aliphatic heterocycles.